The van der Waals surface area contributed by atoms with Crippen LogP contribution in [0.3, 0.4) is 0 Å². The lowest BCUT2D eigenvalue weighted by atomic mass is 10.3. The molecule has 0 fully saturated rings. The van der Waals surface area contributed by atoms with E-state index in [1.807, 2.05) is 49.4 Å². The van der Waals surface area contributed by atoms with Crippen LogP contribution in [-0.4, -0.2) is 6.61 Å². The summed E-state index contributed by atoms with van der Waals surface area (Å²) in [5.74, 6) is 0.734. The topological polar surface area (TPSA) is 61.3 Å². The second-order valence-corrected chi connectivity index (χ2v) is 4.95. The molecule has 0 aliphatic carbocycles. The zero-order valence-electron chi connectivity index (χ0n) is 10.2. The minimum absolute atomic E-state index is 0.611. The standard InChI is InChI=1S/C14H16N2OS/c1-2-17-14-9-12(7-8-13(14)16)18-11-5-3-10(15)4-6-11/h3-9H,2,15-16H2,1H3. The van der Waals surface area contributed by atoms with Crippen molar-refractivity contribution >= 4 is 23.1 Å². The van der Waals surface area contributed by atoms with Crippen molar-refractivity contribution < 1.29 is 4.74 Å². The summed E-state index contributed by atoms with van der Waals surface area (Å²) < 4.78 is 5.48. The Morgan fingerprint density at radius 1 is 1.00 bits per heavy atom. The van der Waals surface area contributed by atoms with E-state index in [0.717, 1.165) is 21.2 Å². The Kier molecular flexibility index (Phi) is 3.99. The summed E-state index contributed by atoms with van der Waals surface area (Å²) in [6, 6.07) is 13.6. The molecule has 0 bridgehead atoms. The van der Waals surface area contributed by atoms with Crippen molar-refractivity contribution in [2.45, 2.75) is 16.7 Å². The molecule has 0 saturated carbocycles. The highest BCUT2D eigenvalue weighted by Crippen LogP contribution is 2.33. The third kappa shape index (κ3) is 3.11. The molecule has 2 aromatic rings. The molecule has 2 aromatic carbocycles. The van der Waals surface area contributed by atoms with Crippen molar-refractivity contribution in [3.63, 3.8) is 0 Å². The summed E-state index contributed by atoms with van der Waals surface area (Å²) >= 11 is 1.65. The van der Waals surface area contributed by atoms with Crippen LogP contribution >= 0.6 is 11.8 Å². The van der Waals surface area contributed by atoms with E-state index in [1.54, 1.807) is 11.8 Å². The van der Waals surface area contributed by atoms with Crippen molar-refractivity contribution in [3.8, 4) is 5.75 Å². The fourth-order valence-electron chi connectivity index (χ4n) is 1.53. The Morgan fingerprint density at radius 3 is 2.33 bits per heavy atom. The van der Waals surface area contributed by atoms with Crippen molar-refractivity contribution in [2.75, 3.05) is 18.1 Å². The highest BCUT2D eigenvalue weighted by atomic mass is 32.2. The molecule has 3 nitrogen and oxygen atoms in total. The van der Waals surface area contributed by atoms with Crippen molar-refractivity contribution in [2.24, 2.45) is 0 Å². The number of rotatable bonds is 4. The molecule has 4 N–H and O–H groups in total. The van der Waals surface area contributed by atoms with Gasteiger partial charge in [-0.05, 0) is 49.4 Å². The van der Waals surface area contributed by atoms with Gasteiger partial charge in [0.25, 0.3) is 0 Å². The minimum Gasteiger partial charge on any atom is -0.492 e. The quantitative estimate of drug-likeness (QED) is 0.827. The van der Waals surface area contributed by atoms with E-state index >= 15 is 0 Å². The lowest BCUT2D eigenvalue weighted by molar-refractivity contribution is 0.341. The Morgan fingerprint density at radius 2 is 1.67 bits per heavy atom. The molecule has 0 unspecified atom stereocenters. The van der Waals surface area contributed by atoms with Gasteiger partial charge in [0.2, 0.25) is 0 Å². The Bertz CT molecular complexity index is 526. The van der Waals surface area contributed by atoms with Gasteiger partial charge in [-0.25, -0.2) is 0 Å². The smallest absolute Gasteiger partial charge is 0.143 e. The lowest BCUT2D eigenvalue weighted by Gasteiger charge is -2.09. The van der Waals surface area contributed by atoms with E-state index in [1.165, 1.54) is 0 Å². The van der Waals surface area contributed by atoms with Crippen LogP contribution in [-0.2, 0) is 0 Å². The van der Waals surface area contributed by atoms with Crippen molar-refractivity contribution in [1.82, 2.24) is 0 Å². The molecule has 94 valence electrons. The first kappa shape index (κ1) is 12.6. The molecule has 0 amide bonds. The maximum Gasteiger partial charge on any atom is 0.143 e. The number of anilines is 2. The molecular weight excluding hydrogens is 244 g/mol. The average molecular weight is 260 g/mol. The summed E-state index contributed by atoms with van der Waals surface area (Å²) in [7, 11) is 0. The van der Waals surface area contributed by atoms with Gasteiger partial charge in [0, 0.05) is 15.5 Å². The van der Waals surface area contributed by atoms with E-state index in [0.29, 0.717) is 12.3 Å². The van der Waals surface area contributed by atoms with Crippen LogP contribution in [0.2, 0.25) is 0 Å². The van der Waals surface area contributed by atoms with Crippen LogP contribution in [0.25, 0.3) is 0 Å². The third-order valence-corrected chi connectivity index (χ3v) is 3.40. The van der Waals surface area contributed by atoms with E-state index in [-0.39, 0.29) is 0 Å². The molecule has 18 heavy (non-hydrogen) atoms. The van der Waals surface area contributed by atoms with Crippen molar-refractivity contribution in [1.29, 1.82) is 0 Å². The summed E-state index contributed by atoms with van der Waals surface area (Å²) in [6.45, 7) is 2.55. The number of benzene rings is 2. The first-order valence-corrected chi connectivity index (χ1v) is 6.56. The van der Waals surface area contributed by atoms with Gasteiger partial charge < -0.3 is 16.2 Å². The molecule has 0 radical (unpaired) electrons. The number of hydrogen-bond donors (Lipinski definition) is 2. The predicted octanol–water partition coefficient (Wildman–Crippen LogP) is 3.40. The number of nitrogens with two attached hydrogens (primary N) is 2. The predicted molar refractivity (Wildman–Crippen MR) is 77.0 cm³/mol. The summed E-state index contributed by atoms with van der Waals surface area (Å²) in [4.78, 5) is 2.23. The molecule has 0 spiro atoms. The van der Waals surface area contributed by atoms with Gasteiger partial charge in [-0.15, -0.1) is 0 Å². The first-order valence-electron chi connectivity index (χ1n) is 5.74. The normalized spacial score (nSPS) is 10.3. The lowest BCUT2D eigenvalue weighted by Crippen LogP contribution is -1.96. The van der Waals surface area contributed by atoms with Gasteiger partial charge in [0.15, 0.2) is 0 Å². The fraction of sp³-hybridized carbons (Fsp3) is 0.143. The zero-order chi connectivity index (χ0) is 13.0. The van der Waals surface area contributed by atoms with Crippen LogP contribution in [0.5, 0.6) is 5.75 Å². The van der Waals surface area contributed by atoms with E-state index in [2.05, 4.69) is 0 Å². The van der Waals surface area contributed by atoms with E-state index < -0.39 is 0 Å². The Balaban J connectivity index is 2.18. The average Bonchev–Trinajstić information content (AvgIpc) is 2.37. The van der Waals surface area contributed by atoms with Crippen molar-refractivity contribution in [3.05, 3.63) is 42.5 Å². The number of nitrogen functional groups attached to an aromatic ring is 2. The number of hydrogen-bond acceptors (Lipinski definition) is 4. The van der Waals surface area contributed by atoms with Crippen LogP contribution in [0.4, 0.5) is 11.4 Å². The van der Waals surface area contributed by atoms with Gasteiger partial charge in [-0.3, -0.25) is 0 Å². The molecular formula is C14H16N2OS. The summed E-state index contributed by atoms with van der Waals surface area (Å²) in [5.41, 5.74) is 12.9. The Labute approximate surface area is 111 Å². The van der Waals surface area contributed by atoms with E-state index in [4.69, 9.17) is 16.2 Å². The fourth-order valence-corrected chi connectivity index (χ4v) is 2.38. The number of ether oxygens (including phenoxy) is 1. The van der Waals surface area contributed by atoms with Gasteiger partial charge in [0.1, 0.15) is 5.75 Å². The zero-order valence-corrected chi connectivity index (χ0v) is 11.0. The monoisotopic (exact) mass is 260 g/mol. The van der Waals surface area contributed by atoms with Crippen LogP contribution < -0.4 is 16.2 Å². The third-order valence-electron chi connectivity index (χ3n) is 2.40. The highest BCUT2D eigenvalue weighted by Gasteiger charge is 2.03. The minimum atomic E-state index is 0.611. The molecule has 0 aliphatic heterocycles. The highest BCUT2D eigenvalue weighted by molar-refractivity contribution is 7.99. The van der Waals surface area contributed by atoms with Crippen LogP contribution in [0.1, 0.15) is 6.92 Å². The molecule has 0 aromatic heterocycles. The molecule has 2 rings (SSSR count). The van der Waals surface area contributed by atoms with Gasteiger partial charge in [-0.2, -0.15) is 0 Å². The first-order chi connectivity index (χ1) is 8.69. The van der Waals surface area contributed by atoms with Crippen LogP contribution in [0, 0.1) is 0 Å². The maximum absolute atomic E-state index is 5.84. The molecule has 0 saturated heterocycles. The Hall–Kier alpha value is -1.81. The van der Waals surface area contributed by atoms with E-state index in [9.17, 15) is 0 Å². The maximum atomic E-state index is 5.84. The largest absolute Gasteiger partial charge is 0.492 e. The second-order valence-electron chi connectivity index (χ2n) is 3.80. The molecule has 0 aliphatic rings. The molecule has 4 heteroatoms. The summed E-state index contributed by atoms with van der Waals surface area (Å²) in [6.07, 6.45) is 0. The molecule has 0 heterocycles. The van der Waals surface area contributed by atoms with Crippen LogP contribution in [0.15, 0.2) is 52.3 Å². The second kappa shape index (κ2) is 5.69. The van der Waals surface area contributed by atoms with Gasteiger partial charge >= 0.3 is 0 Å². The van der Waals surface area contributed by atoms with Gasteiger partial charge in [-0.1, -0.05) is 11.8 Å². The summed E-state index contributed by atoms with van der Waals surface area (Å²) in [5, 5.41) is 0. The molecule has 0 atom stereocenters. The van der Waals surface area contributed by atoms with Gasteiger partial charge in [0.05, 0.1) is 12.3 Å². The SMILES string of the molecule is CCOc1cc(Sc2ccc(N)cc2)ccc1N.